The van der Waals surface area contributed by atoms with Crippen molar-refractivity contribution in [1.29, 1.82) is 0 Å². The fourth-order valence-corrected chi connectivity index (χ4v) is 2.96. The molecule has 62 valence electrons. The molecular weight excluding hydrogens is 132 g/mol. The molecule has 2 aliphatic carbocycles. The topological polar surface area (TPSA) is 0 Å². The second-order valence-electron chi connectivity index (χ2n) is 4.36. The van der Waals surface area contributed by atoms with Crippen LogP contribution in [0.3, 0.4) is 0 Å². The van der Waals surface area contributed by atoms with Gasteiger partial charge in [0.25, 0.3) is 0 Å². The molecule has 0 heteroatoms. The van der Waals surface area contributed by atoms with Crippen LogP contribution < -0.4 is 0 Å². The number of hydrogen-bond donors (Lipinski definition) is 0. The summed E-state index contributed by atoms with van der Waals surface area (Å²) in [6, 6.07) is 0. The van der Waals surface area contributed by atoms with Gasteiger partial charge >= 0.3 is 0 Å². The molecule has 3 unspecified atom stereocenters. The van der Waals surface area contributed by atoms with Gasteiger partial charge in [-0.1, -0.05) is 25.5 Å². The first-order chi connectivity index (χ1) is 5.29. The molecule has 2 aliphatic rings. The summed E-state index contributed by atoms with van der Waals surface area (Å²) in [7, 11) is 0. The molecule has 0 radical (unpaired) electrons. The summed E-state index contributed by atoms with van der Waals surface area (Å²) in [5, 5.41) is 0. The van der Waals surface area contributed by atoms with Crippen molar-refractivity contribution in [2.24, 2.45) is 17.8 Å². The molecule has 0 N–H and O–H groups in total. The van der Waals surface area contributed by atoms with Gasteiger partial charge in [-0.05, 0) is 43.4 Å². The summed E-state index contributed by atoms with van der Waals surface area (Å²) in [4.78, 5) is 0. The molecule has 0 saturated heterocycles. The molecule has 0 aliphatic heterocycles. The third-order valence-corrected chi connectivity index (χ3v) is 3.51. The number of rotatable bonds is 0. The van der Waals surface area contributed by atoms with Gasteiger partial charge in [0, 0.05) is 0 Å². The second kappa shape index (κ2) is 2.66. The molecule has 0 heterocycles. The van der Waals surface area contributed by atoms with E-state index < -0.39 is 0 Å². The summed E-state index contributed by atoms with van der Waals surface area (Å²) >= 11 is 0. The van der Waals surface area contributed by atoms with E-state index in [1.807, 2.05) is 0 Å². The minimum atomic E-state index is 0.898. The van der Waals surface area contributed by atoms with Crippen LogP contribution in [0.2, 0.25) is 0 Å². The molecule has 0 nitrogen and oxygen atoms in total. The van der Waals surface area contributed by atoms with Crippen molar-refractivity contribution in [1.82, 2.24) is 0 Å². The SMILES string of the molecule is CC1CC(C)C2CCCC=C12. The molecule has 0 aromatic heterocycles. The standard InChI is InChI=1S/C11H18/c1-8-7-9(2)11-6-4-3-5-10(8)11/h5,8-9,11H,3-4,6-7H2,1-2H3. The molecule has 11 heavy (non-hydrogen) atoms. The number of hydrogen-bond acceptors (Lipinski definition) is 0. The van der Waals surface area contributed by atoms with Crippen LogP contribution in [0.15, 0.2) is 11.6 Å². The smallest absolute Gasteiger partial charge is 0.0175 e. The largest absolute Gasteiger partial charge is 0.0848 e. The zero-order chi connectivity index (χ0) is 7.84. The van der Waals surface area contributed by atoms with Gasteiger partial charge in [-0.2, -0.15) is 0 Å². The van der Waals surface area contributed by atoms with Crippen LogP contribution in [-0.2, 0) is 0 Å². The van der Waals surface area contributed by atoms with E-state index in [0.717, 1.165) is 17.8 Å². The summed E-state index contributed by atoms with van der Waals surface area (Å²) in [5.74, 6) is 2.84. The van der Waals surface area contributed by atoms with E-state index in [0.29, 0.717) is 0 Å². The van der Waals surface area contributed by atoms with Crippen molar-refractivity contribution >= 4 is 0 Å². The van der Waals surface area contributed by atoms with Crippen LogP contribution in [0.4, 0.5) is 0 Å². The van der Waals surface area contributed by atoms with E-state index in [-0.39, 0.29) is 0 Å². The Balaban J connectivity index is 2.22. The zero-order valence-corrected chi connectivity index (χ0v) is 7.64. The first-order valence-electron chi connectivity index (χ1n) is 4.99. The Bertz CT molecular complexity index is 178. The molecule has 0 aromatic carbocycles. The van der Waals surface area contributed by atoms with Crippen molar-refractivity contribution in [2.45, 2.75) is 39.5 Å². The molecule has 0 amide bonds. The highest BCUT2D eigenvalue weighted by Crippen LogP contribution is 2.45. The average molecular weight is 150 g/mol. The van der Waals surface area contributed by atoms with Crippen molar-refractivity contribution in [2.75, 3.05) is 0 Å². The lowest BCUT2D eigenvalue weighted by Crippen LogP contribution is -2.09. The van der Waals surface area contributed by atoms with Crippen molar-refractivity contribution in [3.8, 4) is 0 Å². The Morgan fingerprint density at radius 1 is 1.36 bits per heavy atom. The predicted octanol–water partition coefficient (Wildman–Crippen LogP) is 3.39. The lowest BCUT2D eigenvalue weighted by molar-refractivity contribution is 0.409. The molecule has 0 spiro atoms. The first kappa shape index (κ1) is 7.39. The van der Waals surface area contributed by atoms with Gasteiger partial charge in [-0.3, -0.25) is 0 Å². The summed E-state index contributed by atoms with van der Waals surface area (Å²) < 4.78 is 0. The van der Waals surface area contributed by atoms with Gasteiger partial charge < -0.3 is 0 Å². The highest BCUT2D eigenvalue weighted by Gasteiger charge is 2.33. The van der Waals surface area contributed by atoms with E-state index in [9.17, 15) is 0 Å². The maximum Gasteiger partial charge on any atom is -0.0175 e. The van der Waals surface area contributed by atoms with Crippen molar-refractivity contribution in [3.63, 3.8) is 0 Å². The van der Waals surface area contributed by atoms with Gasteiger partial charge in [0.1, 0.15) is 0 Å². The Labute approximate surface area is 69.7 Å². The van der Waals surface area contributed by atoms with Gasteiger partial charge in [0.05, 0.1) is 0 Å². The summed E-state index contributed by atoms with van der Waals surface area (Å²) in [5.41, 5.74) is 1.80. The Kier molecular flexibility index (Phi) is 1.78. The normalized spacial score (nSPS) is 43.5. The van der Waals surface area contributed by atoms with E-state index in [4.69, 9.17) is 0 Å². The Morgan fingerprint density at radius 3 is 2.91 bits per heavy atom. The second-order valence-corrected chi connectivity index (χ2v) is 4.36. The van der Waals surface area contributed by atoms with Crippen molar-refractivity contribution in [3.05, 3.63) is 11.6 Å². The molecule has 2 rings (SSSR count). The maximum absolute atomic E-state index is 2.52. The van der Waals surface area contributed by atoms with Crippen LogP contribution in [0, 0.1) is 17.8 Å². The zero-order valence-electron chi connectivity index (χ0n) is 7.64. The van der Waals surface area contributed by atoms with Gasteiger partial charge in [-0.15, -0.1) is 0 Å². The third-order valence-electron chi connectivity index (χ3n) is 3.51. The summed E-state index contributed by atoms with van der Waals surface area (Å²) in [6.45, 7) is 4.82. The van der Waals surface area contributed by atoms with Gasteiger partial charge in [0.15, 0.2) is 0 Å². The molecule has 0 bridgehead atoms. The van der Waals surface area contributed by atoms with Crippen LogP contribution in [0.1, 0.15) is 39.5 Å². The Hall–Kier alpha value is -0.260. The minimum absolute atomic E-state index is 0.898. The van der Waals surface area contributed by atoms with E-state index >= 15 is 0 Å². The van der Waals surface area contributed by atoms with Gasteiger partial charge in [0.2, 0.25) is 0 Å². The molecule has 0 aromatic rings. The number of fused-ring (bicyclic) bond motifs is 1. The van der Waals surface area contributed by atoms with Crippen LogP contribution >= 0.6 is 0 Å². The highest BCUT2D eigenvalue weighted by atomic mass is 14.4. The first-order valence-corrected chi connectivity index (χ1v) is 4.99. The van der Waals surface area contributed by atoms with Crippen molar-refractivity contribution < 1.29 is 0 Å². The molecule has 3 atom stereocenters. The fraction of sp³-hybridized carbons (Fsp3) is 0.818. The number of allylic oxidation sites excluding steroid dienone is 2. The summed E-state index contributed by atoms with van der Waals surface area (Å²) in [6.07, 6.45) is 8.21. The quantitative estimate of drug-likeness (QED) is 0.464. The van der Waals surface area contributed by atoms with Crippen LogP contribution in [0.5, 0.6) is 0 Å². The monoisotopic (exact) mass is 150 g/mol. The maximum atomic E-state index is 2.52. The van der Waals surface area contributed by atoms with Crippen LogP contribution in [0.25, 0.3) is 0 Å². The fourth-order valence-electron chi connectivity index (χ4n) is 2.96. The van der Waals surface area contributed by atoms with E-state index in [2.05, 4.69) is 19.9 Å². The molecular formula is C11H18. The lowest BCUT2D eigenvalue weighted by Gasteiger charge is -2.21. The van der Waals surface area contributed by atoms with Gasteiger partial charge in [-0.25, -0.2) is 0 Å². The van der Waals surface area contributed by atoms with Crippen LogP contribution in [-0.4, -0.2) is 0 Å². The van der Waals surface area contributed by atoms with E-state index in [1.165, 1.54) is 25.7 Å². The third kappa shape index (κ3) is 1.13. The molecule has 1 saturated carbocycles. The highest BCUT2D eigenvalue weighted by molar-refractivity contribution is 5.18. The van der Waals surface area contributed by atoms with E-state index in [1.54, 1.807) is 5.57 Å². The molecule has 1 fully saturated rings. The predicted molar refractivity (Wildman–Crippen MR) is 48.4 cm³/mol. The lowest BCUT2D eigenvalue weighted by atomic mass is 9.84. The average Bonchev–Trinajstić information content (AvgIpc) is 2.30. The minimum Gasteiger partial charge on any atom is -0.0848 e. The Morgan fingerprint density at radius 2 is 2.18 bits per heavy atom.